The van der Waals surface area contributed by atoms with Crippen molar-refractivity contribution in [2.75, 3.05) is 26.7 Å². The molecule has 0 radical (unpaired) electrons. The summed E-state index contributed by atoms with van der Waals surface area (Å²) in [5.41, 5.74) is 1.64. The predicted molar refractivity (Wildman–Crippen MR) is 97.0 cm³/mol. The van der Waals surface area contributed by atoms with E-state index in [1.807, 2.05) is 24.3 Å². The third-order valence-corrected chi connectivity index (χ3v) is 4.81. The molecule has 26 heavy (non-hydrogen) atoms. The number of hydrogen-bond donors (Lipinski definition) is 1. The van der Waals surface area contributed by atoms with Crippen molar-refractivity contribution in [1.82, 2.24) is 10.2 Å². The molecule has 1 aliphatic heterocycles. The molecule has 1 aromatic heterocycles. The van der Waals surface area contributed by atoms with Gasteiger partial charge in [-0.15, -0.1) is 0 Å². The van der Waals surface area contributed by atoms with Crippen LogP contribution >= 0.6 is 0 Å². The zero-order chi connectivity index (χ0) is 18.4. The number of hydrogen-bond acceptors (Lipinski definition) is 4. The van der Waals surface area contributed by atoms with Crippen LogP contribution in [0.3, 0.4) is 0 Å². The van der Waals surface area contributed by atoms with Crippen LogP contribution < -0.4 is 10.1 Å². The van der Waals surface area contributed by atoms with Crippen molar-refractivity contribution < 1.29 is 18.7 Å². The van der Waals surface area contributed by atoms with E-state index in [0.717, 1.165) is 17.7 Å². The summed E-state index contributed by atoms with van der Waals surface area (Å²) in [5.74, 6) is 0.831. The van der Waals surface area contributed by atoms with Crippen molar-refractivity contribution >= 4 is 11.8 Å². The van der Waals surface area contributed by atoms with E-state index in [-0.39, 0.29) is 17.7 Å². The van der Waals surface area contributed by atoms with Gasteiger partial charge in [-0.3, -0.25) is 9.59 Å². The van der Waals surface area contributed by atoms with Crippen LogP contribution in [-0.4, -0.2) is 43.5 Å². The molecule has 138 valence electrons. The van der Waals surface area contributed by atoms with E-state index in [0.29, 0.717) is 38.0 Å². The highest BCUT2D eigenvalue weighted by atomic mass is 16.5. The molecule has 1 aromatic carbocycles. The van der Waals surface area contributed by atoms with Gasteiger partial charge in [-0.1, -0.05) is 18.2 Å². The molecule has 0 saturated carbocycles. The number of nitrogens with zero attached hydrogens (tertiary/aromatic N) is 1. The van der Waals surface area contributed by atoms with Gasteiger partial charge in [0.25, 0.3) is 5.91 Å². The summed E-state index contributed by atoms with van der Waals surface area (Å²) >= 11 is 0. The number of nitrogens with one attached hydrogen (secondary N) is 1. The lowest BCUT2D eigenvalue weighted by molar-refractivity contribution is -0.126. The first kappa shape index (κ1) is 18.0. The van der Waals surface area contributed by atoms with Gasteiger partial charge < -0.3 is 19.4 Å². The summed E-state index contributed by atoms with van der Waals surface area (Å²) in [6.07, 6.45) is 5.05. The molecule has 6 nitrogen and oxygen atoms in total. The minimum absolute atomic E-state index is 0.0335. The molecule has 1 N–H and O–H groups in total. The maximum absolute atomic E-state index is 12.4. The molecule has 0 aliphatic carbocycles. The van der Waals surface area contributed by atoms with Crippen LogP contribution in [-0.2, 0) is 11.2 Å². The van der Waals surface area contributed by atoms with Crippen LogP contribution in [0.2, 0.25) is 0 Å². The minimum Gasteiger partial charge on any atom is -0.496 e. The second kappa shape index (κ2) is 8.56. The molecular formula is C20H24N2O4. The van der Waals surface area contributed by atoms with E-state index < -0.39 is 0 Å². The molecule has 1 fully saturated rings. The van der Waals surface area contributed by atoms with Crippen molar-refractivity contribution in [3.05, 3.63) is 54.0 Å². The van der Waals surface area contributed by atoms with Crippen LogP contribution in [0.25, 0.3) is 0 Å². The Kier molecular flexibility index (Phi) is 5.94. The van der Waals surface area contributed by atoms with Crippen molar-refractivity contribution in [3.8, 4) is 5.75 Å². The number of piperidine rings is 1. The first-order valence-corrected chi connectivity index (χ1v) is 8.90. The lowest BCUT2D eigenvalue weighted by atomic mass is 9.95. The van der Waals surface area contributed by atoms with Crippen molar-refractivity contribution in [3.63, 3.8) is 0 Å². The number of rotatable bonds is 6. The lowest BCUT2D eigenvalue weighted by Crippen LogP contribution is -2.43. The molecule has 2 heterocycles. The van der Waals surface area contributed by atoms with Crippen LogP contribution in [0.1, 0.15) is 28.8 Å². The van der Waals surface area contributed by atoms with E-state index >= 15 is 0 Å². The fourth-order valence-corrected chi connectivity index (χ4v) is 3.29. The summed E-state index contributed by atoms with van der Waals surface area (Å²) < 4.78 is 10.3. The molecule has 1 saturated heterocycles. The Bertz CT molecular complexity index is 734. The molecule has 6 heteroatoms. The van der Waals surface area contributed by atoms with Gasteiger partial charge in [0.05, 0.1) is 18.9 Å². The molecule has 3 rings (SSSR count). The molecular weight excluding hydrogens is 332 g/mol. The quantitative estimate of drug-likeness (QED) is 0.863. The SMILES string of the molecule is COc1ccccc1CCNC(=O)C1CCN(C(=O)c2ccoc2)CC1. The predicted octanol–water partition coefficient (Wildman–Crippen LogP) is 2.50. The van der Waals surface area contributed by atoms with Gasteiger partial charge in [-0.25, -0.2) is 0 Å². The van der Waals surface area contributed by atoms with Gasteiger partial charge in [0.2, 0.25) is 5.91 Å². The molecule has 0 spiro atoms. The highest BCUT2D eigenvalue weighted by molar-refractivity contribution is 5.94. The molecule has 0 bridgehead atoms. The zero-order valence-corrected chi connectivity index (χ0v) is 14.9. The molecule has 0 atom stereocenters. The number of benzene rings is 1. The second-order valence-corrected chi connectivity index (χ2v) is 6.43. The molecule has 0 unspecified atom stereocenters. The number of likely N-dealkylation sites (tertiary alicyclic amines) is 1. The second-order valence-electron chi connectivity index (χ2n) is 6.43. The summed E-state index contributed by atoms with van der Waals surface area (Å²) in [5, 5.41) is 3.01. The summed E-state index contributed by atoms with van der Waals surface area (Å²) in [7, 11) is 1.65. The molecule has 1 aliphatic rings. The topological polar surface area (TPSA) is 71.8 Å². The Morgan fingerprint density at radius 1 is 1.23 bits per heavy atom. The van der Waals surface area contributed by atoms with Gasteiger partial charge in [0, 0.05) is 25.6 Å². The maximum Gasteiger partial charge on any atom is 0.257 e. The fraction of sp³-hybridized carbons (Fsp3) is 0.400. The van der Waals surface area contributed by atoms with Crippen LogP contribution in [0, 0.1) is 5.92 Å². The van der Waals surface area contributed by atoms with Gasteiger partial charge >= 0.3 is 0 Å². The average molecular weight is 356 g/mol. The number of furan rings is 1. The Labute approximate surface area is 153 Å². The third kappa shape index (κ3) is 4.25. The van der Waals surface area contributed by atoms with E-state index in [4.69, 9.17) is 9.15 Å². The summed E-state index contributed by atoms with van der Waals surface area (Å²) in [6, 6.07) is 9.49. The fourth-order valence-electron chi connectivity index (χ4n) is 3.29. The maximum atomic E-state index is 12.4. The van der Waals surface area contributed by atoms with Crippen molar-refractivity contribution in [1.29, 1.82) is 0 Å². The van der Waals surface area contributed by atoms with E-state index in [1.165, 1.54) is 12.5 Å². The lowest BCUT2D eigenvalue weighted by Gasteiger charge is -2.31. The first-order chi connectivity index (χ1) is 12.7. The number of carbonyl (C=O) groups excluding carboxylic acids is 2. The average Bonchev–Trinajstić information content (AvgIpc) is 3.22. The monoisotopic (exact) mass is 356 g/mol. The van der Waals surface area contributed by atoms with Crippen molar-refractivity contribution in [2.24, 2.45) is 5.92 Å². The summed E-state index contributed by atoms with van der Waals surface area (Å²) in [4.78, 5) is 26.4. The number of methoxy groups -OCH3 is 1. The molecule has 2 amide bonds. The Balaban J connectivity index is 1.43. The van der Waals surface area contributed by atoms with E-state index in [9.17, 15) is 9.59 Å². The minimum atomic E-state index is -0.0407. The van der Waals surface area contributed by atoms with E-state index in [1.54, 1.807) is 18.1 Å². The largest absolute Gasteiger partial charge is 0.496 e. The number of ether oxygens (including phenoxy) is 1. The van der Waals surface area contributed by atoms with Gasteiger partial charge in [0.15, 0.2) is 0 Å². The van der Waals surface area contributed by atoms with Gasteiger partial charge in [-0.2, -0.15) is 0 Å². The third-order valence-electron chi connectivity index (χ3n) is 4.81. The van der Waals surface area contributed by atoms with Crippen LogP contribution in [0.5, 0.6) is 5.75 Å². The number of para-hydroxylation sites is 1. The smallest absolute Gasteiger partial charge is 0.257 e. The molecule has 2 aromatic rings. The summed E-state index contributed by atoms with van der Waals surface area (Å²) in [6.45, 7) is 1.76. The Morgan fingerprint density at radius 3 is 2.69 bits per heavy atom. The number of amides is 2. The zero-order valence-electron chi connectivity index (χ0n) is 14.9. The normalized spacial score (nSPS) is 14.9. The Morgan fingerprint density at radius 2 is 2.00 bits per heavy atom. The highest BCUT2D eigenvalue weighted by Crippen LogP contribution is 2.20. The van der Waals surface area contributed by atoms with Gasteiger partial charge in [0.1, 0.15) is 12.0 Å². The van der Waals surface area contributed by atoms with Gasteiger partial charge in [-0.05, 0) is 37.0 Å². The standard InChI is InChI=1S/C20H24N2O4/c1-25-18-5-3-2-4-15(18)6-10-21-19(23)16-7-11-22(12-8-16)20(24)17-9-13-26-14-17/h2-5,9,13-14,16H,6-8,10-12H2,1H3,(H,21,23). The van der Waals surface area contributed by atoms with Crippen molar-refractivity contribution in [2.45, 2.75) is 19.3 Å². The number of carbonyl (C=O) groups is 2. The highest BCUT2D eigenvalue weighted by Gasteiger charge is 2.27. The Hall–Kier alpha value is -2.76. The van der Waals surface area contributed by atoms with Crippen LogP contribution in [0.15, 0.2) is 47.3 Å². The first-order valence-electron chi connectivity index (χ1n) is 8.90. The van der Waals surface area contributed by atoms with E-state index in [2.05, 4.69) is 5.32 Å². The van der Waals surface area contributed by atoms with Crippen LogP contribution in [0.4, 0.5) is 0 Å².